The molecule has 4 nitrogen and oxygen atoms in total. The van der Waals surface area contributed by atoms with Crippen molar-refractivity contribution in [3.63, 3.8) is 0 Å². The van der Waals surface area contributed by atoms with Gasteiger partial charge in [0.15, 0.2) is 11.6 Å². The number of rotatable bonds is 7. The van der Waals surface area contributed by atoms with Crippen molar-refractivity contribution in [3.8, 4) is 5.75 Å². The summed E-state index contributed by atoms with van der Waals surface area (Å²) < 4.78 is 18.4. The Bertz CT molecular complexity index is 450. The summed E-state index contributed by atoms with van der Waals surface area (Å²) in [7, 11) is 1.39. The summed E-state index contributed by atoms with van der Waals surface area (Å²) in [6.07, 6.45) is 1.36. The van der Waals surface area contributed by atoms with Crippen LogP contribution in [0.5, 0.6) is 5.75 Å². The summed E-state index contributed by atoms with van der Waals surface area (Å²) >= 11 is 0. The predicted octanol–water partition coefficient (Wildman–Crippen LogP) is 2.04. The predicted molar refractivity (Wildman–Crippen MR) is 75.2 cm³/mol. The Labute approximate surface area is 119 Å². The highest BCUT2D eigenvalue weighted by Gasteiger charge is 2.27. The maximum absolute atomic E-state index is 13.5. The highest BCUT2D eigenvalue weighted by atomic mass is 19.1. The molecular formula is C15H22FNO3. The molecule has 20 heavy (non-hydrogen) atoms. The van der Waals surface area contributed by atoms with Gasteiger partial charge in [0.1, 0.15) is 0 Å². The number of aliphatic hydroxyl groups is 1. The lowest BCUT2D eigenvalue weighted by atomic mass is 9.93. The van der Waals surface area contributed by atoms with Crippen LogP contribution in [0, 0.1) is 5.82 Å². The Balaban J connectivity index is 2.73. The zero-order valence-electron chi connectivity index (χ0n) is 12.2. The molecule has 0 saturated heterocycles. The normalized spacial score (nSPS) is 11.2. The van der Waals surface area contributed by atoms with E-state index >= 15 is 0 Å². The van der Waals surface area contributed by atoms with Gasteiger partial charge in [-0.25, -0.2) is 4.39 Å². The van der Waals surface area contributed by atoms with Crippen molar-refractivity contribution in [2.45, 2.75) is 38.6 Å². The van der Waals surface area contributed by atoms with Crippen LogP contribution in [0.25, 0.3) is 0 Å². The highest BCUT2D eigenvalue weighted by molar-refractivity contribution is 5.79. The number of hydrogen-bond donors (Lipinski definition) is 2. The third kappa shape index (κ3) is 3.93. The second-order valence-corrected chi connectivity index (χ2v) is 4.84. The Morgan fingerprint density at radius 3 is 2.50 bits per heavy atom. The van der Waals surface area contributed by atoms with Crippen LogP contribution < -0.4 is 10.1 Å². The van der Waals surface area contributed by atoms with E-state index in [1.807, 2.05) is 13.8 Å². The first-order valence-electron chi connectivity index (χ1n) is 6.74. The van der Waals surface area contributed by atoms with Crippen LogP contribution in [-0.2, 0) is 11.2 Å². The van der Waals surface area contributed by atoms with E-state index in [1.54, 1.807) is 6.07 Å². The molecule has 1 aromatic carbocycles. The van der Waals surface area contributed by atoms with E-state index in [4.69, 9.17) is 4.74 Å². The molecule has 0 spiro atoms. The van der Waals surface area contributed by atoms with Gasteiger partial charge in [0.2, 0.25) is 5.91 Å². The van der Waals surface area contributed by atoms with Crippen molar-refractivity contribution < 1.29 is 19.0 Å². The lowest BCUT2D eigenvalue weighted by molar-refractivity contribution is -0.123. The van der Waals surface area contributed by atoms with E-state index in [9.17, 15) is 14.3 Å². The largest absolute Gasteiger partial charge is 0.494 e. The smallest absolute Gasteiger partial charge is 0.224 e. The number of carbonyl (C=O) groups excluding carboxylic acids is 1. The minimum Gasteiger partial charge on any atom is -0.494 e. The fraction of sp³-hybridized carbons (Fsp3) is 0.533. The number of amides is 1. The number of methoxy groups -OCH3 is 1. The van der Waals surface area contributed by atoms with Crippen LogP contribution in [-0.4, -0.2) is 30.3 Å². The first-order chi connectivity index (χ1) is 9.50. The summed E-state index contributed by atoms with van der Waals surface area (Å²) in [4.78, 5) is 12.0. The van der Waals surface area contributed by atoms with Gasteiger partial charge in [-0.15, -0.1) is 0 Å². The van der Waals surface area contributed by atoms with Crippen molar-refractivity contribution in [2.75, 3.05) is 13.7 Å². The quantitative estimate of drug-likeness (QED) is 0.805. The minimum absolute atomic E-state index is 0.0721. The van der Waals surface area contributed by atoms with Gasteiger partial charge in [0.25, 0.3) is 0 Å². The zero-order valence-corrected chi connectivity index (χ0v) is 12.2. The SMILES string of the molecule is CCC(CC)(CO)NC(=O)Cc1ccc(OC)c(F)c1. The molecule has 5 heteroatoms. The first kappa shape index (κ1) is 16.4. The molecule has 1 aromatic rings. The molecule has 0 saturated carbocycles. The van der Waals surface area contributed by atoms with Gasteiger partial charge in [0.05, 0.1) is 25.7 Å². The van der Waals surface area contributed by atoms with Gasteiger partial charge in [-0.2, -0.15) is 0 Å². The first-order valence-corrected chi connectivity index (χ1v) is 6.74. The molecular weight excluding hydrogens is 261 g/mol. The Hall–Kier alpha value is -1.62. The van der Waals surface area contributed by atoms with Gasteiger partial charge in [-0.1, -0.05) is 19.9 Å². The Kier molecular flexibility index (Phi) is 5.95. The van der Waals surface area contributed by atoms with E-state index < -0.39 is 11.4 Å². The summed E-state index contributed by atoms with van der Waals surface area (Å²) in [6, 6.07) is 4.44. The molecule has 0 aromatic heterocycles. The van der Waals surface area contributed by atoms with Crippen LogP contribution in [0.2, 0.25) is 0 Å². The fourth-order valence-corrected chi connectivity index (χ4v) is 2.04. The van der Waals surface area contributed by atoms with Crippen LogP contribution >= 0.6 is 0 Å². The molecule has 0 fully saturated rings. The van der Waals surface area contributed by atoms with Crippen LogP contribution in [0.3, 0.4) is 0 Å². The maximum Gasteiger partial charge on any atom is 0.224 e. The van der Waals surface area contributed by atoms with Gasteiger partial charge in [0, 0.05) is 0 Å². The molecule has 0 heterocycles. The number of hydrogen-bond acceptors (Lipinski definition) is 3. The number of aliphatic hydroxyl groups excluding tert-OH is 1. The van der Waals surface area contributed by atoms with E-state index in [-0.39, 0.29) is 24.7 Å². The molecule has 0 bridgehead atoms. The standard InChI is InChI=1S/C15H22FNO3/c1-4-15(5-2,10-18)17-14(19)9-11-6-7-13(20-3)12(16)8-11/h6-8,18H,4-5,9-10H2,1-3H3,(H,17,19). The van der Waals surface area contributed by atoms with E-state index in [0.29, 0.717) is 18.4 Å². The molecule has 0 atom stereocenters. The van der Waals surface area contributed by atoms with Gasteiger partial charge >= 0.3 is 0 Å². The number of halogens is 1. The highest BCUT2D eigenvalue weighted by Crippen LogP contribution is 2.19. The average Bonchev–Trinajstić information content (AvgIpc) is 2.45. The van der Waals surface area contributed by atoms with Crippen LogP contribution in [0.15, 0.2) is 18.2 Å². The number of carbonyl (C=O) groups is 1. The summed E-state index contributed by atoms with van der Waals surface area (Å²) in [5.41, 5.74) is -0.0258. The Morgan fingerprint density at radius 1 is 1.40 bits per heavy atom. The van der Waals surface area contributed by atoms with Gasteiger partial charge < -0.3 is 15.2 Å². The maximum atomic E-state index is 13.5. The number of ether oxygens (including phenoxy) is 1. The van der Waals surface area contributed by atoms with E-state index in [1.165, 1.54) is 19.2 Å². The number of nitrogens with one attached hydrogen (secondary N) is 1. The summed E-state index contributed by atoms with van der Waals surface area (Å²) in [5.74, 6) is -0.564. The van der Waals surface area contributed by atoms with Gasteiger partial charge in [-0.3, -0.25) is 4.79 Å². The van der Waals surface area contributed by atoms with Crippen molar-refractivity contribution in [2.24, 2.45) is 0 Å². The average molecular weight is 283 g/mol. The lowest BCUT2D eigenvalue weighted by Crippen LogP contribution is -2.51. The molecule has 0 unspecified atom stereocenters. The molecule has 0 aliphatic rings. The molecule has 1 amide bonds. The molecule has 0 aliphatic heterocycles. The zero-order chi connectivity index (χ0) is 15.2. The van der Waals surface area contributed by atoms with Crippen molar-refractivity contribution in [3.05, 3.63) is 29.6 Å². The molecule has 0 radical (unpaired) electrons. The second-order valence-electron chi connectivity index (χ2n) is 4.84. The van der Waals surface area contributed by atoms with Crippen molar-refractivity contribution >= 4 is 5.91 Å². The fourth-order valence-electron chi connectivity index (χ4n) is 2.04. The van der Waals surface area contributed by atoms with Crippen molar-refractivity contribution in [1.82, 2.24) is 5.32 Å². The molecule has 2 N–H and O–H groups in total. The van der Waals surface area contributed by atoms with Crippen LogP contribution in [0.4, 0.5) is 4.39 Å². The summed E-state index contributed by atoms with van der Waals surface area (Å²) in [5, 5.41) is 12.2. The molecule has 112 valence electrons. The summed E-state index contributed by atoms with van der Waals surface area (Å²) in [6.45, 7) is 3.71. The third-order valence-electron chi connectivity index (χ3n) is 3.64. The van der Waals surface area contributed by atoms with E-state index in [0.717, 1.165) is 0 Å². The van der Waals surface area contributed by atoms with E-state index in [2.05, 4.69) is 5.32 Å². The second kappa shape index (κ2) is 7.24. The van der Waals surface area contributed by atoms with Crippen LogP contribution in [0.1, 0.15) is 32.3 Å². The minimum atomic E-state index is -0.595. The molecule has 1 rings (SSSR count). The third-order valence-corrected chi connectivity index (χ3v) is 3.64. The Morgan fingerprint density at radius 2 is 2.05 bits per heavy atom. The topological polar surface area (TPSA) is 58.6 Å². The lowest BCUT2D eigenvalue weighted by Gasteiger charge is -2.30. The molecule has 0 aliphatic carbocycles. The number of benzene rings is 1. The van der Waals surface area contributed by atoms with Gasteiger partial charge in [-0.05, 0) is 30.5 Å². The van der Waals surface area contributed by atoms with Crippen molar-refractivity contribution in [1.29, 1.82) is 0 Å². The monoisotopic (exact) mass is 283 g/mol.